The molecule has 1 saturated heterocycles. The van der Waals surface area contributed by atoms with E-state index in [1.54, 1.807) is 14.2 Å². The average Bonchev–Trinajstić information content (AvgIpc) is 3.50. The number of fused-ring (bicyclic) bond motifs is 2. The van der Waals surface area contributed by atoms with Crippen molar-refractivity contribution in [3.63, 3.8) is 0 Å². The molecule has 142 valence electrons. The minimum atomic E-state index is -0.312. The van der Waals surface area contributed by atoms with Gasteiger partial charge in [0.2, 0.25) is 5.91 Å². The summed E-state index contributed by atoms with van der Waals surface area (Å²) in [5, 5.41) is 3.32. The molecule has 0 atom stereocenters. The van der Waals surface area contributed by atoms with Crippen molar-refractivity contribution in [2.75, 3.05) is 40.5 Å². The Balaban J connectivity index is 1.49. The highest BCUT2D eigenvalue weighted by Gasteiger charge is 2.42. The van der Waals surface area contributed by atoms with Crippen LogP contribution in [0.5, 0.6) is 11.5 Å². The molecule has 0 radical (unpaired) electrons. The van der Waals surface area contributed by atoms with Crippen molar-refractivity contribution in [1.82, 2.24) is 10.2 Å². The van der Waals surface area contributed by atoms with Crippen molar-refractivity contribution >= 4 is 5.91 Å². The summed E-state index contributed by atoms with van der Waals surface area (Å²) >= 11 is 0. The van der Waals surface area contributed by atoms with Gasteiger partial charge < -0.3 is 24.4 Å². The zero-order chi connectivity index (χ0) is 18.1. The number of hydrogen-bond acceptors (Lipinski definition) is 5. The summed E-state index contributed by atoms with van der Waals surface area (Å²) in [6.45, 7) is 2.64. The van der Waals surface area contributed by atoms with Gasteiger partial charge in [-0.15, -0.1) is 0 Å². The molecule has 26 heavy (non-hydrogen) atoms. The van der Waals surface area contributed by atoms with Gasteiger partial charge in [0.15, 0.2) is 11.5 Å². The first-order chi connectivity index (χ1) is 12.6. The predicted octanol–water partition coefficient (Wildman–Crippen LogP) is 1.85. The van der Waals surface area contributed by atoms with Gasteiger partial charge in [0.25, 0.3) is 0 Å². The summed E-state index contributed by atoms with van der Waals surface area (Å²) in [7, 11) is 3.33. The number of hydrogen-bond donors (Lipinski definition) is 1. The Morgan fingerprint density at radius 3 is 2.58 bits per heavy atom. The third kappa shape index (κ3) is 3.28. The molecule has 3 aliphatic rings. The number of piperidine rings is 1. The van der Waals surface area contributed by atoms with E-state index in [1.807, 2.05) is 4.90 Å². The van der Waals surface area contributed by atoms with Crippen LogP contribution >= 0.6 is 0 Å². The van der Waals surface area contributed by atoms with Gasteiger partial charge in [-0.25, -0.2) is 0 Å². The van der Waals surface area contributed by atoms with Crippen LogP contribution in [0, 0.1) is 0 Å². The van der Waals surface area contributed by atoms with E-state index in [1.165, 1.54) is 24.0 Å². The molecule has 6 heteroatoms. The van der Waals surface area contributed by atoms with Crippen LogP contribution in [0.4, 0.5) is 0 Å². The number of nitrogens with one attached hydrogen (secondary N) is 1. The maximum absolute atomic E-state index is 12.4. The fourth-order valence-electron chi connectivity index (χ4n) is 4.15. The molecule has 1 amide bonds. The maximum Gasteiger partial charge on any atom is 0.236 e. The van der Waals surface area contributed by atoms with Gasteiger partial charge in [0.1, 0.15) is 0 Å². The van der Waals surface area contributed by atoms with E-state index in [0.29, 0.717) is 19.2 Å². The molecule has 4 rings (SSSR count). The largest absolute Gasteiger partial charge is 0.493 e. The summed E-state index contributed by atoms with van der Waals surface area (Å²) in [6.07, 6.45) is 4.93. The number of ether oxygens (including phenoxy) is 3. The van der Waals surface area contributed by atoms with E-state index in [-0.39, 0.29) is 11.5 Å². The first-order valence-electron chi connectivity index (χ1n) is 9.56. The van der Waals surface area contributed by atoms with E-state index in [0.717, 1.165) is 43.9 Å². The monoisotopic (exact) mass is 360 g/mol. The van der Waals surface area contributed by atoms with E-state index in [2.05, 4.69) is 17.4 Å². The molecule has 6 nitrogen and oxygen atoms in total. The van der Waals surface area contributed by atoms with Gasteiger partial charge in [0.05, 0.1) is 33.0 Å². The summed E-state index contributed by atoms with van der Waals surface area (Å²) in [5.41, 5.74) is 2.15. The van der Waals surface area contributed by atoms with Gasteiger partial charge in [0, 0.05) is 19.1 Å². The Morgan fingerprint density at radius 2 is 1.92 bits per heavy atom. The van der Waals surface area contributed by atoms with Crippen molar-refractivity contribution in [2.45, 2.75) is 43.7 Å². The molecule has 2 heterocycles. The smallest absolute Gasteiger partial charge is 0.236 e. The summed E-state index contributed by atoms with van der Waals surface area (Å²) in [4.78, 5) is 14.4. The van der Waals surface area contributed by atoms with Crippen molar-refractivity contribution in [1.29, 1.82) is 0 Å². The number of rotatable bonds is 5. The third-order valence-electron chi connectivity index (χ3n) is 5.89. The normalized spacial score (nSPS) is 21.4. The van der Waals surface area contributed by atoms with Gasteiger partial charge >= 0.3 is 0 Å². The highest BCUT2D eigenvalue weighted by molar-refractivity contribution is 5.78. The number of methoxy groups -OCH3 is 2. The summed E-state index contributed by atoms with van der Waals surface area (Å²) in [6, 6.07) is 4.71. The molecule has 0 aromatic heterocycles. The van der Waals surface area contributed by atoms with Gasteiger partial charge in [-0.05, 0) is 55.4 Å². The number of carbonyl (C=O) groups excluding carboxylic acids is 1. The second-order valence-electron chi connectivity index (χ2n) is 7.49. The Bertz CT molecular complexity index is 679. The van der Waals surface area contributed by atoms with Crippen LogP contribution in [0.15, 0.2) is 12.1 Å². The second-order valence-corrected chi connectivity index (χ2v) is 7.49. The number of amides is 1. The summed E-state index contributed by atoms with van der Waals surface area (Å²) in [5.74, 6) is 1.71. The Labute approximate surface area is 154 Å². The molecule has 2 fully saturated rings. The zero-order valence-electron chi connectivity index (χ0n) is 15.7. The molecular formula is C20H28N2O4. The third-order valence-corrected chi connectivity index (χ3v) is 5.89. The fourth-order valence-corrected chi connectivity index (χ4v) is 4.15. The van der Waals surface area contributed by atoms with Crippen LogP contribution in [0.1, 0.15) is 36.8 Å². The molecule has 2 aliphatic heterocycles. The second kappa shape index (κ2) is 7.08. The van der Waals surface area contributed by atoms with E-state index in [4.69, 9.17) is 14.2 Å². The molecule has 1 N–H and O–H groups in total. The maximum atomic E-state index is 12.4. The number of carbonyl (C=O) groups is 1. The Kier molecular flexibility index (Phi) is 4.80. The first-order valence-corrected chi connectivity index (χ1v) is 9.56. The lowest BCUT2D eigenvalue weighted by Gasteiger charge is -2.45. The quantitative estimate of drug-likeness (QED) is 0.868. The van der Waals surface area contributed by atoms with Crippen LogP contribution in [-0.2, 0) is 21.6 Å². The van der Waals surface area contributed by atoms with Gasteiger partial charge in [-0.2, -0.15) is 0 Å². The van der Waals surface area contributed by atoms with Crippen LogP contribution in [0.25, 0.3) is 0 Å². The lowest BCUT2D eigenvalue weighted by Crippen LogP contribution is -2.50. The van der Waals surface area contributed by atoms with E-state index >= 15 is 0 Å². The van der Waals surface area contributed by atoms with Crippen LogP contribution < -0.4 is 14.8 Å². The topological polar surface area (TPSA) is 60.0 Å². The number of benzene rings is 1. The number of likely N-dealkylation sites (tertiary alicyclic amines) is 1. The van der Waals surface area contributed by atoms with Crippen molar-refractivity contribution < 1.29 is 19.0 Å². The molecule has 1 aromatic carbocycles. The standard InChI is InChI=1S/C20H28N2O4/c1-24-17-11-14-5-10-26-20(16(14)12-18(17)25-2)6-8-22(9-7-20)19(23)13-21-15-3-4-15/h11-12,15,21H,3-10,13H2,1-2H3. The minimum absolute atomic E-state index is 0.204. The van der Waals surface area contributed by atoms with Crippen LogP contribution in [0.2, 0.25) is 0 Å². The molecule has 1 aliphatic carbocycles. The van der Waals surface area contributed by atoms with E-state index < -0.39 is 0 Å². The first kappa shape index (κ1) is 17.6. The van der Waals surface area contributed by atoms with E-state index in [9.17, 15) is 4.79 Å². The Hall–Kier alpha value is -1.79. The highest BCUT2D eigenvalue weighted by Crippen LogP contribution is 2.45. The highest BCUT2D eigenvalue weighted by atomic mass is 16.5. The molecule has 1 saturated carbocycles. The Morgan fingerprint density at radius 1 is 1.23 bits per heavy atom. The van der Waals surface area contributed by atoms with Crippen molar-refractivity contribution in [2.24, 2.45) is 0 Å². The zero-order valence-corrected chi connectivity index (χ0v) is 15.7. The van der Waals surface area contributed by atoms with Crippen molar-refractivity contribution in [3.05, 3.63) is 23.3 Å². The molecule has 1 spiro atoms. The molecule has 0 unspecified atom stereocenters. The van der Waals surface area contributed by atoms with Crippen LogP contribution in [0.3, 0.4) is 0 Å². The number of nitrogens with zero attached hydrogens (tertiary/aromatic N) is 1. The van der Waals surface area contributed by atoms with Gasteiger partial charge in [-0.1, -0.05) is 0 Å². The molecular weight excluding hydrogens is 332 g/mol. The summed E-state index contributed by atoms with van der Waals surface area (Å²) < 4.78 is 17.2. The fraction of sp³-hybridized carbons (Fsp3) is 0.650. The van der Waals surface area contributed by atoms with Crippen molar-refractivity contribution in [3.8, 4) is 11.5 Å². The lowest BCUT2D eigenvalue weighted by atomic mass is 9.79. The molecule has 1 aromatic rings. The van der Waals surface area contributed by atoms with Gasteiger partial charge in [-0.3, -0.25) is 4.79 Å². The van der Waals surface area contributed by atoms with Crippen LogP contribution in [-0.4, -0.2) is 57.3 Å². The molecule has 0 bridgehead atoms. The lowest BCUT2D eigenvalue weighted by molar-refractivity contribution is -0.139. The SMILES string of the molecule is COc1cc2c(cc1OC)C1(CCN(C(=O)CNC3CC3)CC1)OCC2. The average molecular weight is 360 g/mol. The minimum Gasteiger partial charge on any atom is -0.493 e. The predicted molar refractivity (Wildman–Crippen MR) is 97.7 cm³/mol.